The van der Waals surface area contributed by atoms with E-state index < -0.39 is 12.0 Å². The maximum Gasteiger partial charge on any atom is 0.338 e. The van der Waals surface area contributed by atoms with E-state index in [9.17, 15) is 9.59 Å². The highest BCUT2D eigenvalue weighted by atomic mass is 35.5. The van der Waals surface area contributed by atoms with Gasteiger partial charge in [-0.25, -0.2) is 9.79 Å². The molecule has 4 aromatic carbocycles. The van der Waals surface area contributed by atoms with E-state index in [1.165, 1.54) is 11.3 Å². The van der Waals surface area contributed by atoms with Crippen LogP contribution in [0.15, 0.2) is 125 Å². The quantitative estimate of drug-likeness (QED) is 0.198. The van der Waals surface area contributed by atoms with E-state index in [4.69, 9.17) is 26.1 Å². The van der Waals surface area contributed by atoms with Crippen molar-refractivity contribution in [2.24, 2.45) is 4.99 Å². The summed E-state index contributed by atoms with van der Waals surface area (Å²) in [6, 6.07) is 33.3. The van der Waals surface area contributed by atoms with Gasteiger partial charge in [0.25, 0.3) is 5.56 Å². The SMILES string of the molecule is CCOC(=O)C1=C(c2ccccc2)N=c2s/c(=C/c3ccccc3OCc3ccccc3Cl)c(=O)n2[C@H]1c1ccccc1. The Morgan fingerprint density at radius 1 is 0.930 bits per heavy atom. The van der Waals surface area contributed by atoms with E-state index in [0.717, 1.165) is 22.3 Å². The number of esters is 1. The largest absolute Gasteiger partial charge is 0.488 e. The van der Waals surface area contributed by atoms with E-state index in [0.29, 0.717) is 31.4 Å². The molecule has 0 saturated heterocycles. The van der Waals surface area contributed by atoms with Crippen LogP contribution in [0.1, 0.15) is 35.2 Å². The van der Waals surface area contributed by atoms with Gasteiger partial charge in [-0.1, -0.05) is 120 Å². The average molecular weight is 607 g/mol. The molecule has 0 fully saturated rings. The number of para-hydroxylation sites is 1. The molecule has 0 bridgehead atoms. The fraction of sp³-hybridized carbons (Fsp3) is 0.114. The van der Waals surface area contributed by atoms with Crippen molar-refractivity contribution in [3.05, 3.63) is 162 Å². The Kier molecular flexibility index (Phi) is 8.36. The van der Waals surface area contributed by atoms with Crippen LogP contribution in [0.25, 0.3) is 11.8 Å². The Hall–Kier alpha value is -4.72. The first-order valence-corrected chi connectivity index (χ1v) is 15.0. The Labute approximate surface area is 257 Å². The molecule has 214 valence electrons. The molecule has 1 aliphatic rings. The summed E-state index contributed by atoms with van der Waals surface area (Å²) in [6.45, 7) is 2.24. The summed E-state index contributed by atoms with van der Waals surface area (Å²) in [5.74, 6) is 0.108. The molecule has 0 amide bonds. The first-order valence-electron chi connectivity index (χ1n) is 13.8. The van der Waals surface area contributed by atoms with Gasteiger partial charge in [0, 0.05) is 21.7 Å². The summed E-state index contributed by atoms with van der Waals surface area (Å²) in [7, 11) is 0. The zero-order valence-corrected chi connectivity index (χ0v) is 24.8. The zero-order valence-electron chi connectivity index (χ0n) is 23.3. The van der Waals surface area contributed by atoms with Gasteiger partial charge in [0.2, 0.25) is 0 Å². The molecular weight excluding hydrogens is 580 g/mol. The molecule has 0 N–H and O–H groups in total. The highest BCUT2D eigenvalue weighted by molar-refractivity contribution is 7.07. The lowest BCUT2D eigenvalue weighted by Crippen LogP contribution is -2.40. The maximum atomic E-state index is 14.2. The van der Waals surface area contributed by atoms with Crippen molar-refractivity contribution in [3.63, 3.8) is 0 Å². The summed E-state index contributed by atoms with van der Waals surface area (Å²) in [5, 5.41) is 0.626. The molecule has 1 aliphatic heterocycles. The fourth-order valence-electron chi connectivity index (χ4n) is 5.03. The molecule has 43 heavy (non-hydrogen) atoms. The minimum atomic E-state index is -0.722. The zero-order chi connectivity index (χ0) is 29.8. The molecule has 8 heteroatoms. The van der Waals surface area contributed by atoms with Crippen molar-refractivity contribution in [1.29, 1.82) is 0 Å². The van der Waals surface area contributed by atoms with Crippen LogP contribution in [0.4, 0.5) is 0 Å². The third-order valence-corrected chi connectivity index (χ3v) is 8.39. The van der Waals surface area contributed by atoms with Crippen LogP contribution in [0.2, 0.25) is 5.02 Å². The monoisotopic (exact) mass is 606 g/mol. The Bertz CT molecular complexity index is 2000. The lowest BCUT2D eigenvalue weighted by molar-refractivity contribution is -0.138. The minimum absolute atomic E-state index is 0.196. The minimum Gasteiger partial charge on any atom is -0.488 e. The van der Waals surface area contributed by atoms with Crippen LogP contribution >= 0.6 is 22.9 Å². The van der Waals surface area contributed by atoms with E-state index >= 15 is 0 Å². The van der Waals surface area contributed by atoms with Gasteiger partial charge in [0.15, 0.2) is 4.80 Å². The van der Waals surface area contributed by atoms with Gasteiger partial charge in [0.05, 0.1) is 28.5 Å². The number of halogens is 1. The third-order valence-electron chi connectivity index (χ3n) is 7.04. The van der Waals surface area contributed by atoms with Gasteiger partial charge >= 0.3 is 5.97 Å². The van der Waals surface area contributed by atoms with Crippen molar-refractivity contribution < 1.29 is 14.3 Å². The Balaban J connectivity index is 1.52. The molecule has 1 atom stereocenters. The maximum absolute atomic E-state index is 14.2. The number of thiazole rings is 1. The van der Waals surface area contributed by atoms with Crippen molar-refractivity contribution in [2.45, 2.75) is 19.6 Å². The van der Waals surface area contributed by atoms with E-state index in [1.54, 1.807) is 11.5 Å². The predicted octanol–water partition coefficient (Wildman–Crippen LogP) is 6.17. The van der Waals surface area contributed by atoms with Crippen LogP contribution < -0.4 is 19.6 Å². The van der Waals surface area contributed by atoms with Crippen LogP contribution in [0, 0.1) is 0 Å². The topological polar surface area (TPSA) is 69.9 Å². The summed E-state index contributed by atoms with van der Waals surface area (Å²) in [6.07, 6.45) is 1.81. The molecule has 0 aliphatic carbocycles. The molecular formula is C35H27ClN2O4S. The molecule has 0 spiro atoms. The van der Waals surface area contributed by atoms with Gasteiger partial charge in [-0.2, -0.15) is 0 Å². The predicted molar refractivity (Wildman–Crippen MR) is 170 cm³/mol. The number of benzene rings is 4. The summed E-state index contributed by atoms with van der Waals surface area (Å²) in [5.41, 5.74) is 3.70. The normalized spacial score (nSPS) is 14.7. The van der Waals surface area contributed by atoms with Gasteiger partial charge in [-0.3, -0.25) is 9.36 Å². The van der Waals surface area contributed by atoms with Gasteiger partial charge < -0.3 is 9.47 Å². The standard InChI is InChI=1S/C35H27ClN2O4S/c1-2-41-34(40)30-31(23-13-5-3-6-14-23)37-35-38(32(30)24-15-7-4-8-16-24)33(39)29(43-35)21-25-17-10-12-20-28(25)42-22-26-18-9-11-19-27(26)36/h3-21,32H,2,22H2,1H3/b29-21+/t32-/m0/s1. The summed E-state index contributed by atoms with van der Waals surface area (Å²) < 4.78 is 13.7. The molecule has 2 heterocycles. The first kappa shape index (κ1) is 28.4. The van der Waals surface area contributed by atoms with Crippen molar-refractivity contribution in [1.82, 2.24) is 4.57 Å². The summed E-state index contributed by atoms with van der Waals surface area (Å²) in [4.78, 5) is 33.1. The van der Waals surface area contributed by atoms with E-state index in [-0.39, 0.29) is 18.8 Å². The Morgan fingerprint density at radius 3 is 2.35 bits per heavy atom. The number of carbonyl (C=O) groups is 1. The van der Waals surface area contributed by atoms with Crippen LogP contribution in [0.3, 0.4) is 0 Å². The fourth-order valence-corrected chi connectivity index (χ4v) is 6.22. The lowest BCUT2D eigenvalue weighted by Gasteiger charge is -2.25. The van der Waals surface area contributed by atoms with Gasteiger partial charge in [-0.05, 0) is 30.7 Å². The van der Waals surface area contributed by atoms with Crippen LogP contribution in [0.5, 0.6) is 5.75 Å². The number of aromatic nitrogens is 1. The molecule has 0 radical (unpaired) electrons. The Morgan fingerprint density at radius 2 is 1.60 bits per heavy atom. The van der Waals surface area contributed by atoms with Crippen LogP contribution in [-0.4, -0.2) is 17.1 Å². The van der Waals surface area contributed by atoms with Crippen molar-refractivity contribution in [3.8, 4) is 5.75 Å². The number of rotatable bonds is 8. The highest BCUT2D eigenvalue weighted by Gasteiger charge is 2.35. The second-order valence-electron chi connectivity index (χ2n) is 9.76. The number of nitrogens with zero attached hydrogens (tertiary/aromatic N) is 2. The number of fused-ring (bicyclic) bond motifs is 1. The number of hydrogen-bond acceptors (Lipinski definition) is 6. The average Bonchev–Trinajstić information content (AvgIpc) is 3.35. The number of ether oxygens (including phenoxy) is 2. The number of carbonyl (C=O) groups excluding carboxylic acids is 1. The third kappa shape index (κ3) is 5.82. The van der Waals surface area contributed by atoms with E-state index in [2.05, 4.69) is 0 Å². The molecule has 1 aromatic heterocycles. The van der Waals surface area contributed by atoms with Gasteiger partial charge in [0.1, 0.15) is 12.4 Å². The van der Waals surface area contributed by atoms with Gasteiger partial charge in [-0.15, -0.1) is 0 Å². The van der Waals surface area contributed by atoms with Crippen molar-refractivity contribution >= 4 is 40.7 Å². The molecule has 0 unspecified atom stereocenters. The first-order chi connectivity index (χ1) is 21.0. The van der Waals surface area contributed by atoms with E-state index in [1.807, 2.05) is 115 Å². The summed E-state index contributed by atoms with van der Waals surface area (Å²) >= 11 is 7.61. The molecule has 6 rings (SSSR count). The second-order valence-corrected chi connectivity index (χ2v) is 11.2. The van der Waals surface area contributed by atoms with Crippen LogP contribution in [-0.2, 0) is 16.1 Å². The lowest BCUT2D eigenvalue weighted by atomic mass is 9.93. The molecule has 0 saturated carbocycles. The molecule has 5 aromatic rings. The number of hydrogen-bond donors (Lipinski definition) is 0. The second kappa shape index (κ2) is 12.7. The molecule has 6 nitrogen and oxygen atoms in total. The highest BCUT2D eigenvalue weighted by Crippen LogP contribution is 2.35. The smallest absolute Gasteiger partial charge is 0.338 e. The van der Waals surface area contributed by atoms with Crippen molar-refractivity contribution in [2.75, 3.05) is 6.61 Å².